The largest absolute Gasteiger partial charge is 0.485 e. The lowest BCUT2D eigenvalue weighted by atomic mass is 10.2. The van der Waals surface area contributed by atoms with Gasteiger partial charge in [-0.05, 0) is 18.2 Å². The van der Waals surface area contributed by atoms with Gasteiger partial charge in [-0.1, -0.05) is 0 Å². The van der Waals surface area contributed by atoms with E-state index in [1.54, 1.807) is 0 Å². The molecule has 0 saturated heterocycles. The van der Waals surface area contributed by atoms with Crippen molar-refractivity contribution in [3.8, 4) is 11.5 Å². The third-order valence-corrected chi connectivity index (χ3v) is 2.30. The third kappa shape index (κ3) is 2.15. The first kappa shape index (κ1) is 11.3. The van der Waals surface area contributed by atoms with E-state index in [0.29, 0.717) is 17.1 Å². The number of benzene rings is 1. The van der Waals surface area contributed by atoms with Crippen molar-refractivity contribution in [2.75, 3.05) is 13.7 Å². The van der Waals surface area contributed by atoms with Crippen molar-refractivity contribution in [3.05, 3.63) is 23.8 Å². The standard InChI is InChI=1S/C11H10O6/c1-15-11(14)6-2-3-7-8(4-6)16-5-9(17-7)10(12)13/h2-4,9H,5H2,1H3,(H,12,13). The monoisotopic (exact) mass is 238 g/mol. The van der Waals surface area contributed by atoms with Gasteiger partial charge in [-0.15, -0.1) is 0 Å². The first-order valence-electron chi connectivity index (χ1n) is 4.86. The number of carboxylic acids is 1. The Labute approximate surface area is 96.7 Å². The number of methoxy groups -OCH3 is 1. The van der Waals surface area contributed by atoms with Gasteiger partial charge in [0.15, 0.2) is 11.5 Å². The molecule has 1 aliphatic rings. The zero-order valence-electron chi connectivity index (χ0n) is 9.00. The molecule has 0 fully saturated rings. The van der Waals surface area contributed by atoms with Crippen LogP contribution < -0.4 is 9.47 Å². The molecule has 1 aliphatic heterocycles. The molecule has 0 saturated carbocycles. The van der Waals surface area contributed by atoms with Gasteiger partial charge >= 0.3 is 11.9 Å². The Morgan fingerprint density at radius 1 is 1.41 bits per heavy atom. The second kappa shape index (κ2) is 4.32. The van der Waals surface area contributed by atoms with Crippen molar-refractivity contribution in [3.63, 3.8) is 0 Å². The molecule has 6 nitrogen and oxygen atoms in total. The summed E-state index contributed by atoms with van der Waals surface area (Å²) in [5, 5.41) is 8.77. The molecule has 90 valence electrons. The van der Waals surface area contributed by atoms with Crippen molar-refractivity contribution >= 4 is 11.9 Å². The highest BCUT2D eigenvalue weighted by atomic mass is 16.6. The summed E-state index contributed by atoms with van der Waals surface area (Å²) in [4.78, 5) is 22.0. The molecule has 0 spiro atoms. The van der Waals surface area contributed by atoms with Crippen molar-refractivity contribution < 1.29 is 28.9 Å². The van der Waals surface area contributed by atoms with Crippen molar-refractivity contribution in [2.45, 2.75) is 6.10 Å². The molecule has 1 heterocycles. The van der Waals surface area contributed by atoms with Gasteiger partial charge in [-0.25, -0.2) is 9.59 Å². The predicted octanol–water partition coefficient (Wildman–Crippen LogP) is 0.698. The lowest BCUT2D eigenvalue weighted by Gasteiger charge is -2.23. The molecule has 1 aromatic rings. The highest BCUT2D eigenvalue weighted by Gasteiger charge is 2.27. The van der Waals surface area contributed by atoms with Crippen LogP contribution in [0.15, 0.2) is 18.2 Å². The SMILES string of the molecule is COC(=O)c1ccc2c(c1)OCC(C(=O)O)O2. The molecular weight excluding hydrogens is 228 g/mol. The van der Waals surface area contributed by atoms with Gasteiger partial charge < -0.3 is 19.3 Å². The van der Waals surface area contributed by atoms with Crippen LogP contribution in [0.2, 0.25) is 0 Å². The highest BCUT2D eigenvalue weighted by Crippen LogP contribution is 2.32. The fraction of sp³-hybridized carbons (Fsp3) is 0.273. The Kier molecular flexibility index (Phi) is 2.86. The minimum absolute atomic E-state index is 0.0903. The van der Waals surface area contributed by atoms with E-state index in [1.165, 1.54) is 25.3 Å². The molecule has 1 unspecified atom stereocenters. The number of hydrogen-bond donors (Lipinski definition) is 1. The van der Waals surface area contributed by atoms with Crippen LogP contribution >= 0.6 is 0 Å². The fourth-order valence-corrected chi connectivity index (χ4v) is 1.44. The average molecular weight is 238 g/mol. The number of hydrogen-bond acceptors (Lipinski definition) is 5. The number of aliphatic carboxylic acids is 1. The minimum atomic E-state index is -1.09. The van der Waals surface area contributed by atoms with Crippen LogP contribution in [-0.2, 0) is 9.53 Å². The van der Waals surface area contributed by atoms with Gasteiger partial charge in [0, 0.05) is 0 Å². The second-order valence-corrected chi connectivity index (χ2v) is 3.41. The van der Waals surface area contributed by atoms with Gasteiger partial charge in [-0.2, -0.15) is 0 Å². The molecule has 0 radical (unpaired) electrons. The van der Waals surface area contributed by atoms with Crippen LogP contribution in [0.3, 0.4) is 0 Å². The molecule has 6 heteroatoms. The van der Waals surface area contributed by atoms with Crippen molar-refractivity contribution in [1.82, 2.24) is 0 Å². The van der Waals surface area contributed by atoms with Crippen molar-refractivity contribution in [1.29, 1.82) is 0 Å². The summed E-state index contributed by atoms with van der Waals surface area (Å²) in [5.41, 5.74) is 0.323. The van der Waals surface area contributed by atoms with E-state index in [2.05, 4.69) is 4.74 Å². The summed E-state index contributed by atoms with van der Waals surface area (Å²) in [6.07, 6.45) is -1.02. The topological polar surface area (TPSA) is 82.1 Å². The Balaban J connectivity index is 2.25. The molecule has 0 aliphatic carbocycles. The maximum absolute atomic E-state index is 11.3. The highest BCUT2D eigenvalue weighted by molar-refractivity contribution is 5.90. The molecule has 17 heavy (non-hydrogen) atoms. The number of carbonyl (C=O) groups excluding carboxylic acids is 1. The van der Waals surface area contributed by atoms with E-state index in [1.807, 2.05) is 0 Å². The van der Waals surface area contributed by atoms with Crippen LogP contribution in [0.5, 0.6) is 11.5 Å². The predicted molar refractivity (Wildman–Crippen MR) is 55.3 cm³/mol. The normalized spacial score (nSPS) is 17.4. The van der Waals surface area contributed by atoms with E-state index >= 15 is 0 Å². The number of carbonyl (C=O) groups is 2. The van der Waals surface area contributed by atoms with Crippen LogP contribution in [-0.4, -0.2) is 36.9 Å². The van der Waals surface area contributed by atoms with Crippen LogP contribution in [0.4, 0.5) is 0 Å². The summed E-state index contributed by atoms with van der Waals surface area (Å²) >= 11 is 0. The zero-order chi connectivity index (χ0) is 12.4. The Bertz CT molecular complexity index is 467. The number of ether oxygens (including phenoxy) is 3. The smallest absolute Gasteiger partial charge is 0.348 e. The Morgan fingerprint density at radius 3 is 2.82 bits per heavy atom. The quantitative estimate of drug-likeness (QED) is 0.763. The number of fused-ring (bicyclic) bond motifs is 1. The van der Waals surface area contributed by atoms with E-state index in [4.69, 9.17) is 14.6 Å². The van der Waals surface area contributed by atoms with Crippen molar-refractivity contribution in [2.24, 2.45) is 0 Å². The first-order chi connectivity index (χ1) is 8.11. The van der Waals surface area contributed by atoms with Gasteiger partial charge in [0.1, 0.15) is 6.61 Å². The number of esters is 1. The van der Waals surface area contributed by atoms with E-state index in [-0.39, 0.29) is 6.61 Å². The lowest BCUT2D eigenvalue weighted by molar-refractivity contribution is -0.147. The molecular formula is C11H10O6. The molecule has 0 amide bonds. The van der Waals surface area contributed by atoms with Gasteiger partial charge in [0.25, 0.3) is 0 Å². The Hall–Kier alpha value is -2.24. The maximum Gasteiger partial charge on any atom is 0.348 e. The molecule has 2 rings (SSSR count). The summed E-state index contributed by atoms with van der Waals surface area (Å²) in [5.74, 6) is -0.939. The molecule has 1 atom stereocenters. The fourth-order valence-electron chi connectivity index (χ4n) is 1.44. The first-order valence-corrected chi connectivity index (χ1v) is 4.86. The summed E-state index contributed by atoms with van der Waals surface area (Å²) in [7, 11) is 1.28. The number of rotatable bonds is 2. The second-order valence-electron chi connectivity index (χ2n) is 3.41. The van der Waals surface area contributed by atoms with Crippen LogP contribution in [0, 0.1) is 0 Å². The summed E-state index contributed by atoms with van der Waals surface area (Å²) in [6.45, 7) is -0.0903. The van der Waals surface area contributed by atoms with E-state index in [0.717, 1.165) is 0 Å². The maximum atomic E-state index is 11.3. The van der Waals surface area contributed by atoms with Gasteiger partial charge in [0.2, 0.25) is 6.10 Å². The molecule has 1 N–H and O–H groups in total. The summed E-state index contributed by atoms with van der Waals surface area (Å²) < 4.78 is 15.0. The third-order valence-electron chi connectivity index (χ3n) is 2.30. The van der Waals surface area contributed by atoms with E-state index in [9.17, 15) is 9.59 Å². The molecule has 1 aromatic carbocycles. The lowest BCUT2D eigenvalue weighted by Crippen LogP contribution is -2.36. The molecule has 0 aromatic heterocycles. The van der Waals surface area contributed by atoms with Gasteiger partial charge in [0.05, 0.1) is 12.7 Å². The van der Waals surface area contributed by atoms with E-state index < -0.39 is 18.0 Å². The summed E-state index contributed by atoms with van der Waals surface area (Å²) in [6, 6.07) is 4.42. The zero-order valence-corrected chi connectivity index (χ0v) is 9.00. The molecule has 0 bridgehead atoms. The minimum Gasteiger partial charge on any atom is -0.485 e. The Morgan fingerprint density at radius 2 is 2.18 bits per heavy atom. The average Bonchev–Trinajstić information content (AvgIpc) is 2.36. The van der Waals surface area contributed by atoms with Gasteiger partial charge in [-0.3, -0.25) is 0 Å². The number of carboxylic acid groups (broad SMARTS) is 1. The van der Waals surface area contributed by atoms with Crippen LogP contribution in [0.25, 0.3) is 0 Å². The van der Waals surface area contributed by atoms with Crippen LogP contribution in [0.1, 0.15) is 10.4 Å².